The summed E-state index contributed by atoms with van der Waals surface area (Å²) in [6.07, 6.45) is -0.270. The van der Waals surface area contributed by atoms with E-state index in [4.69, 9.17) is 5.11 Å². The van der Waals surface area contributed by atoms with E-state index in [1.165, 1.54) is 19.1 Å². The largest absolute Gasteiger partial charge is 0.480 e. The average molecular weight is 319 g/mol. The first-order valence-electron chi connectivity index (χ1n) is 5.07. The minimum atomic E-state index is -1.80. The Bertz CT molecular complexity index is 489. The number of rotatable bonds is 4. The highest BCUT2D eigenvalue weighted by atomic mass is 79.9. The van der Waals surface area contributed by atoms with Gasteiger partial charge in [-0.15, -0.1) is 0 Å². The Morgan fingerprint density at radius 1 is 1.50 bits per heavy atom. The number of carboxylic acids is 1. The van der Waals surface area contributed by atoms with Crippen LogP contribution in [0.5, 0.6) is 0 Å². The quantitative estimate of drug-likeness (QED) is 0.684. The molecule has 1 aromatic rings. The molecule has 0 saturated heterocycles. The van der Waals surface area contributed by atoms with E-state index in [2.05, 4.69) is 20.7 Å². The van der Waals surface area contributed by atoms with E-state index in [0.717, 1.165) is 7.11 Å². The predicted octanol–water partition coefficient (Wildman–Crippen LogP) is 2.39. The number of esters is 1. The average Bonchev–Trinajstić information content (AvgIpc) is 2.31. The summed E-state index contributed by atoms with van der Waals surface area (Å²) in [5.41, 5.74) is -1.66. The van der Waals surface area contributed by atoms with E-state index in [-0.39, 0.29) is 12.0 Å². The van der Waals surface area contributed by atoms with Crippen LogP contribution < -0.4 is 0 Å². The second-order valence-corrected chi connectivity index (χ2v) is 4.96. The van der Waals surface area contributed by atoms with Crippen LogP contribution >= 0.6 is 15.9 Å². The van der Waals surface area contributed by atoms with E-state index in [1.807, 2.05) is 0 Å². The number of hydrogen-bond acceptors (Lipinski definition) is 3. The Hall–Kier alpha value is -1.43. The third-order valence-electron chi connectivity index (χ3n) is 2.67. The standard InChI is InChI=1S/C12H12BrFO4/c1-12(10(15)16,11(17)18-2)6-7-3-4-8(13)5-9(7)14/h3-5H,6H2,1-2H3,(H,15,16). The number of aliphatic carboxylic acids is 1. The summed E-state index contributed by atoms with van der Waals surface area (Å²) in [4.78, 5) is 22.7. The van der Waals surface area contributed by atoms with Gasteiger partial charge in [-0.25, -0.2) is 4.39 Å². The van der Waals surface area contributed by atoms with E-state index < -0.39 is 23.2 Å². The zero-order valence-electron chi connectivity index (χ0n) is 9.87. The maximum absolute atomic E-state index is 13.6. The molecule has 0 fully saturated rings. The van der Waals surface area contributed by atoms with E-state index in [9.17, 15) is 14.0 Å². The fourth-order valence-corrected chi connectivity index (χ4v) is 1.84. The molecule has 6 heteroatoms. The summed E-state index contributed by atoms with van der Waals surface area (Å²) in [6, 6.07) is 4.23. The highest BCUT2D eigenvalue weighted by Crippen LogP contribution is 2.27. The van der Waals surface area contributed by atoms with Gasteiger partial charge in [0.25, 0.3) is 0 Å². The molecule has 4 nitrogen and oxygen atoms in total. The van der Waals surface area contributed by atoms with E-state index >= 15 is 0 Å². The number of carboxylic acid groups (broad SMARTS) is 1. The highest BCUT2D eigenvalue weighted by Gasteiger charge is 2.43. The molecule has 0 aliphatic rings. The van der Waals surface area contributed by atoms with Crippen LogP contribution in [-0.4, -0.2) is 24.2 Å². The first-order valence-corrected chi connectivity index (χ1v) is 5.86. The highest BCUT2D eigenvalue weighted by molar-refractivity contribution is 9.10. The SMILES string of the molecule is COC(=O)C(C)(Cc1ccc(Br)cc1F)C(=O)O. The lowest BCUT2D eigenvalue weighted by atomic mass is 9.83. The molecular formula is C12H12BrFO4. The van der Waals surface area contributed by atoms with E-state index in [0.29, 0.717) is 4.47 Å². The minimum absolute atomic E-state index is 0.147. The van der Waals surface area contributed by atoms with Gasteiger partial charge >= 0.3 is 11.9 Å². The Morgan fingerprint density at radius 3 is 2.56 bits per heavy atom. The third-order valence-corrected chi connectivity index (χ3v) is 3.16. The number of ether oxygens (including phenoxy) is 1. The summed E-state index contributed by atoms with van der Waals surface area (Å²) in [7, 11) is 1.10. The molecule has 0 aromatic heterocycles. The fraction of sp³-hybridized carbons (Fsp3) is 0.333. The van der Waals surface area contributed by atoms with Crippen molar-refractivity contribution < 1.29 is 23.8 Å². The molecule has 0 spiro atoms. The first-order chi connectivity index (χ1) is 8.31. The first kappa shape index (κ1) is 14.6. The predicted molar refractivity (Wildman–Crippen MR) is 65.6 cm³/mol. The molecule has 0 aliphatic heterocycles. The maximum Gasteiger partial charge on any atom is 0.323 e. The topological polar surface area (TPSA) is 63.6 Å². The summed E-state index contributed by atoms with van der Waals surface area (Å²) < 4.78 is 18.6. The number of halogens is 2. The van der Waals surface area contributed by atoms with Gasteiger partial charge in [0, 0.05) is 10.9 Å². The van der Waals surface area contributed by atoms with Crippen LogP contribution in [0.25, 0.3) is 0 Å². The van der Waals surface area contributed by atoms with Crippen molar-refractivity contribution in [2.75, 3.05) is 7.11 Å². The van der Waals surface area contributed by atoms with Crippen molar-refractivity contribution >= 4 is 27.9 Å². The van der Waals surface area contributed by atoms with Crippen LogP contribution in [0, 0.1) is 11.2 Å². The molecule has 1 atom stereocenters. The molecule has 1 aromatic carbocycles. The molecule has 0 aliphatic carbocycles. The lowest BCUT2D eigenvalue weighted by Gasteiger charge is -2.22. The maximum atomic E-state index is 13.6. The van der Waals surface area contributed by atoms with Crippen molar-refractivity contribution in [3.63, 3.8) is 0 Å². The Balaban J connectivity index is 3.12. The molecule has 0 heterocycles. The molecule has 1 N–H and O–H groups in total. The molecular weight excluding hydrogens is 307 g/mol. The Labute approximate surface area is 112 Å². The van der Waals surface area contributed by atoms with Crippen LogP contribution in [-0.2, 0) is 20.7 Å². The summed E-state index contributed by atoms with van der Waals surface area (Å²) in [6.45, 7) is 1.21. The fourth-order valence-electron chi connectivity index (χ4n) is 1.51. The van der Waals surface area contributed by atoms with Gasteiger partial charge in [0.15, 0.2) is 5.41 Å². The lowest BCUT2D eigenvalue weighted by Crippen LogP contribution is -2.39. The normalized spacial score (nSPS) is 13.8. The van der Waals surface area contributed by atoms with Gasteiger partial charge in [-0.1, -0.05) is 22.0 Å². The van der Waals surface area contributed by atoms with Gasteiger partial charge in [0.05, 0.1) is 7.11 Å². The van der Waals surface area contributed by atoms with Crippen molar-refractivity contribution in [1.29, 1.82) is 0 Å². The molecule has 18 heavy (non-hydrogen) atoms. The van der Waals surface area contributed by atoms with Crippen molar-refractivity contribution in [2.24, 2.45) is 5.41 Å². The van der Waals surface area contributed by atoms with Crippen LogP contribution in [0.1, 0.15) is 12.5 Å². The van der Waals surface area contributed by atoms with Crippen LogP contribution in [0.4, 0.5) is 4.39 Å². The van der Waals surface area contributed by atoms with Gasteiger partial charge in [0.1, 0.15) is 5.82 Å². The molecule has 1 unspecified atom stereocenters. The smallest absolute Gasteiger partial charge is 0.323 e. The Kier molecular flexibility index (Phi) is 4.45. The number of benzene rings is 1. The lowest BCUT2D eigenvalue weighted by molar-refractivity contribution is -0.165. The summed E-state index contributed by atoms with van der Waals surface area (Å²) in [5.74, 6) is -2.82. The second kappa shape index (κ2) is 5.48. The third kappa shape index (κ3) is 2.87. The zero-order valence-corrected chi connectivity index (χ0v) is 11.5. The van der Waals surface area contributed by atoms with E-state index in [1.54, 1.807) is 6.07 Å². The van der Waals surface area contributed by atoms with Crippen molar-refractivity contribution in [3.05, 3.63) is 34.1 Å². The summed E-state index contributed by atoms with van der Waals surface area (Å²) in [5, 5.41) is 9.11. The molecule has 0 saturated carbocycles. The molecule has 98 valence electrons. The number of methoxy groups -OCH3 is 1. The Morgan fingerprint density at radius 2 is 2.11 bits per heavy atom. The molecule has 0 radical (unpaired) electrons. The molecule has 0 bridgehead atoms. The van der Waals surface area contributed by atoms with Crippen LogP contribution in [0.15, 0.2) is 22.7 Å². The van der Waals surface area contributed by atoms with Crippen LogP contribution in [0.2, 0.25) is 0 Å². The van der Waals surface area contributed by atoms with Gasteiger partial charge in [-0.3, -0.25) is 9.59 Å². The van der Waals surface area contributed by atoms with Crippen molar-refractivity contribution in [3.8, 4) is 0 Å². The minimum Gasteiger partial charge on any atom is -0.480 e. The zero-order chi connectivity index (χ0) is 13.9. The summed E-state index contributed by atoms with van der Waals surface area (Å²) >= 11 is 3.10. The van der Waals surface area contributed by atoms with Gasteiger partial charge in [-0.2, -0.15) is 0 Å². The number of hydrogen-bond donors (Lipinski definition) is 1. The van der Waals surface area contributed by atoms with Gasteiger partial charge in [0.2, 0.25) is 0 Å². The van der Waals surface area contributed by atoms with Crippen molar-refractivity contribution in [2.45, 2.75) is 13.3 Å². The van der Waals surface area contributed by atoms with Crippen LogP contribution in [0.3, 0.4) is 0 Å². The monoisotopic (exact) mass is 318 g/mol. The van der Waals surface area contributed by atoms with Gasteiger partial charge in [-0.05, 0) is 24.6 Å². The second-order valence-electron chi connectivity index (χ2n) is 4.04. The molecule has 0 amide bonds. The van der Waals surface area contributed by atoms with Gasteiger partial charge < -0.3 is 9.84 Å². The van der Waals surface area contributed by atoms with Crippen molar-refractivity contribution in [1.82, 2.24) is 0 Å². The molecule has 1 rings (SSSR count). The number of carbonyl (C=O) groups is 2. The number of carbonyl (C=O) groups excluding carboxylic acids is 1.